The van der Waals surface area contributed by atoms with E-state index >= 15 is 0 Å². The molecule has 3 nitrogen and oxygen atoms in total. The number of aromatic nitrogens is 2. The summed E-state index contributed by atoms with van der Waals surface area (Å²) in [5.41, 5.74) is 0. The van der Waals surface area contributed by atoms with E-state index in [0.29, 0.717) is 5.88 Å². The third-order valence-electron chi connectivity index (χ3n) is 1.71. The summed E-state index contributed by atoms with van der Waals surface area (Å²) in [7, 11) is 1.91. The molecule has 0 atom stereocenters. The minimum Gasteiger partial charge on any atom is -0.438 e. The van der Waals surface area contributed by atoms with Crippen LogP contribution in [0.2, 0.25) is 0 Å². The molecule has 0 spiro atoms. The van der Waals surface area contributed by atoms with E-state index in [2.05, 4.69) is 18.5 Å². The summed E-state index contributed by atoms with van der Waals surface area (Å²) in [6, 6.07) is 0. The lowest BCUT2D eigenvalue weighted by Crippen LogP contribution is -1.92. The van der Waals surface area contributed by atoms with Crippen LogP contribution in [0.25, 0.3) is 0 Å². The molecule has 0 amide bonds. The summed E-state index contributed by atoms with van der Waals surface area (Å²) in [5.74, 6) is 1.39. The molecule has 0 fully saturated rings. The van der Waals surface area contributed by atoms with Crippen molar-refractivity contribution in [1.82, 2.24) is 9.55 Å². The molecule has 0 saturated carbocycles. The van der Waals surface area contributed by atoms with Crippen molar-refractivity contribution in [3.05, 3.63) is 49.2 Å². The number of aryl methyl sites for hydroxylation is 1. The van der Waals surface area contributed by atoms with Crippen LogP contribution in [0.4, 0.5) is 0 Å². The monoisotopic (exact) mass is 234 g/mol. The van der Waals surface area contributed by atoms with Gasteiger partial charge in [-0.2, -0.15) is 0 Å². The number of nitrogens with zero attached hydrogens (tertiary/aromatic N) is 2. The van der Waals surface area contributed by atoms with Gasteiger partial charge in [0.25, 0.3) is 0 Å². The maximum Gasteiger partial charge on any atom is 0.237 e. The van der Waals surface area contributed by atoms with Crippen LogP contribution in [0.15, 0.2) is 49.2 Å². The fourth-order valence-electron chi connectivity index (χ4n) is 1.07. The molecule has 0 N–H and O–H groups in total. The third-order valence-corrected chi connectivity index (χ3v) is 1.71. The highest BCUT2D eigenvalue weighted by Gasteiger charge is 1.99. The Labute approximate surface area is 104 Å². The molecule has 0 radical (unpaired) electrons. The molecule has 17 heavy (non-hydrogen) atoms. The number of hydrogen-bond donors (Lipinski definition) is 0. The topological polar surface area (TPSA) is 27.1 Å². The maximum atomic E-state index is 5.57. The van der Waals surface area contributed by atoms with Gasteiger partial charge in [0.05, 0.1) is 12.5 Å². The van der Waals surface area contributed by atoms with Gasteiger partial charge in [-0.25, -0.2) is 4.98 Å². The van der Waals surface area contributed by atoms with E-state index < -0.39 is 0 Å². The Bertz CT molecular complexity index is 375. The SMILES string of the molecule is C=C/C=C\C(=C/CC)Oc1cn(C)cn1.CC. The molecular formula is C14H22N2O. The molecule has 0 aliphatic heterocycles. The van der Waals surface area contributed by atoms with Crippen molar-refractivity contribution in [1.29, 1.82) is 0 Å². The number of rotatable bonds is 5. The Morgan fingerprint density at radius 3 is 2.71 bits per heavy atom. The van der Waals surface area contributed by atoms with Crippen molar-refractivity contribution in [3.63, 3.8) is 0 Å². The van der Waals surface area contributed by atoms with Crippen molar-refractivity contribution in [2.75, 3.05) is 0 Å². The number of hydrogen-bond acceptors (Lipinski definition) is 2. The molecule has 0 bridgehead atoms. The molecule has 0 saturated heterocycles. The van der Waals surface area contributed by atoms with E-state index in [1.807, 2.05) is 49.9 Å². The quantitative estimate of drug-likeness (QED) is 0.571. The third kappa shape index (κ3) is 6.40. The molecule has 1 heterocycles. The summed E-state index contributed by atoms with van der Waals surface area (Å²) in [4.78, 5) is 4.09. The fourth-order valence-corrected chi connectivity index (χ4v) is 1.07. The second kappa shape index (κ2) is 9.46. The minimum absolute atomic E-state index is 0.603. The first-order valence-corrected chi connectivity index (χ1v) is 5.91. The van der Waals surface area contributed by atoms with Crippen molar-refractivity contribution >= 4 is 0 Å². The maximum absolute atomic E-state index is 5.57. The van der Waals surface area contributed by atoms with Gasteiger partial charge in [-0.05, 0) is 18.6 Å². The first kappa shape index (κ1) is 15.2. The molecular weight excluding hydrogens is 212 g/mol. The second-order valence-electron chi connectivity index (χ2n) is 3.09. The summed E-state index contributed by atoms with van der Waals surface area (Å²) in [6.07, 6.45) is 11.9. The van der Waals surface area contributed by atoms with Gasteiger partial charge < -0.3 is 9.30 Å². The second-order valence-corrected chi connectivity index (χ2v) is 3.09. The molecule has 0 aliphatic carbocycles. The predicted octanol–water partition coefficient (Wildman–Crippen LogP) is 3.86. The van der Waals surface area contributed by atoms with Crippen LogP contribution in [0.3, 0.4) is 0 Å². The zero-order chi connectivity index (χ0) is 13.1. The first-order chi connectivity index (χ1) is 8.26. The number of imidazole rings is 1. The van der Waals surface area contributed by atoms with Crippen molar-refractivity contribution < 1.29 is 4.74 Å². The molecule has 1 rings (SSSR count). The van der Waals surface area contributed by atoms with E-state index in [1.54, 1.807) is 12.4 Å². The van der Waals surface area contributed by atoms with Crippen LogP contribution in [-0.2, 0) is 7.05 Å². The van der Waals surface area contributed by atoms with Gasteiger partial charge in [0.15, 0.2) is 0 Å². The molecule has 0 unspecified atom stereocenters. The molecule has 3 heteroatoms. The Kier molecular flexibility index (Phi) is 8.47. The van der Waals surface area contributed by atoms with Gasteiger partial charge in [0.2, 0.25) is 5.88 Å². The van der Waals surface area contributed by atoms with E-state index in [4.69, 9.17) is 4.74 Å². The number of ether oxygens (including phenoxy) is 1. The first-order valence-electron chi connectivity index (χ1n) is 5.91. The van der Waals surface area contributed by atoms with Crippen LogP contribution in [0.1, 0.15) is 27.2 Å². The smallest absolute Gasteiger partial charge is 0.237 e. The van der Waals surface area contributed by atoms with Gasteiger partial charge >= 0.3 is 0 Å². The van der Waals surface area contributed by atoms with E-state index in [-0.39, 0.29) is 0 Å². The van der Waals surface area contributed by atoms with E-state index in [0.717, 1.165) is 12.2 Å². The van der Waals surface area contributed by atoms with Crippen LogP contribution >= 0.6 is 0 Å². The standard InChI is InChI=1S/C12H16N2O.C2H6/c1-4-6-8-11(7-5-2)15-12-9-14(3)10-13-12;1-2/h4,6-10H,1,5H2,2-3H3;1-2H3/b8-6-,11-7+;. The normalized spacial score (nSPS) is 10.9. The van der Waals surface area contributed by atoms with Crippen molar-refractivity contribution in [2.45, 2.75) is 27.2 Å². The van der Waals surface area contributed by atoms with Crippen molar-refractivity contribution in [2.24, 2.45) is 7.05 Å². The van der Waals surface area contributed by atoms with Crippen molar-refractivity contribution in [3.8, 4) is 5.88 Å². The molecule has 94 valence electrons. The molecule has 1 aromatic heterocycles. The largest absolute Gasteiger partial charge is 0.438 e. The Morgan fingerprint density at radius 1 is 1.53 bits per heavy atom. The Morgan fingerprint density at radius 2 is 2.24 bits per heavy atom. The highest BCUT2D eigenvalue weighted by Crippen LogP contribution is 2.11. The van der Waals surface area contributed by atoms with Crippen LogP contribution in [0.5, 0.6) is 5.88 Å². The number of allylic oxidation sites excluding steroid dienone is 4. The zero-order valence-corrected chi connectivity index (χ0v) is 11.2. The average molecular weight is 234 g/mol. The lowest BCUT2D eigenvalue weighted by molar-refractivity contribution is 0.426. The van der Waals surface area contributed by atoms with Gasteiger partial charge in [0, 0.05) is 7.05 Å². The Hall–Kier alpha value is -1.77. The van der Waals surface area contributed by atoms with Crippen LogP contribution in [0, 0.1) is 0 Å². The van der Waals surface area contributed by atoms with Crippen LogP contribution < -0.4 is 4.74 Å². The van der Waals surface area contributed by atoms with E-state index in [1.165, 1.54) is 0 Å². The lowest BCUT2D eigenvalue weighted by atomic mass is 10.3. The van der Waals surface area contributed by atoms with Gasteiger partial charge in [-0.15, -0.1) is 0 Å². The van der Waals surface area contributed by atoms with Gasteiger partial charge in [-0.1, -0.05) is 39.5 Å². The highest BCUT2D eigenvalue weighted by molar-refractivity contribution is 5.20. The highest BCUT2D eigenvalue weighted by atomic mass is 16.5. The Balaban J connectivity index is 0.00000121. The summed E-state index contributed by atoms with van der Waals surface area (Å²) >= 11 is 0. The predicted molar refractivity (Wildman–Crippen MR) is 72.9 cm³/mol. The molecule has 0 aliphatic rings. The van der Waals surface area contributed by atoms with Crippen LogP contribution in [-0.4, -0.2) is 9.55 Å². The average Bonchev–Trinajstić information content (AvgIpc) is 2.75. The summed E-state index contributed by atoms with van der Waals surface area (Å²) in [5, 5.41) is 0. The summed E-state index contributed by atoms with van der Waals surface area (Å²) < 4.78 is 7.42. The van der Waals surface area contributed by atoms with Gasteiger partial charge in [-0.3, -0.25) is 0 Å². The zero-order valence-electron chi connectivity index (χ0n) is 11.2. The lowest BCUT2D eigenvalue weighted by Gasteiger charge is -2.01. The molecule has 0 aromatic carbocycles. The van der Waals surface area contributed by atoms with Gasteiger partial charge in [0.1, 0.15) is 5.76 Å². The minimum atomic E-state index is 0.603. The molecule has 1 aromatic rings. The fraction of sp³-hybridized carbons (Fsp3) is 0.357. The van der Waals surface area contributed by atoms with E-state index in [9.17, 15) is 0 Å². The summed E-state index contributed by atoms with van der Waals surface area (Å²) in [6.45, 7) is 9.67.